The van der Waals surface area contributed by atoms with E-state index in [1.165, 1.54) is 51.4 Å². The molecule has 3 fully saturated rings. The lowest BCUT2D eigenvalue weighted by Crippen LogP contribution is -2.55. The fraction of sp³-hybridized carbons (Fsp3) is 0.759. The zero-order chi connectivity index (χ0) is 25.3. The van der Waals surface area contributed by atoms with Crippen LogP contribution in [0.15, 0.2) is 18.2 Å². The molecule has 1 amide bonds. The predicted octanol–water partition coefficient (Wildman–Crippen LogP) is 6.24. The molecule has 1 aromatic rings. The van der Waals surface area contributed by atoms with Crippen LogP contribution in [0.3, 0.4) is 0 Å². The minimum Gasteiger partial charge on any atom is -0.361 e. The molecule has 2 heterocycles. The SMILES string of the molecule is CCN(C(=O)CCN1c2cc(CN3CC(F)(F)C3)ccc2N[C@]1(C)C1CCCCC1)C1CCCCC1. The van der Waals surface area contributed by atoms with Crippen molar-refractivity contribution in [2.24, 2.45) is 5.92 Å². The van der Waals surface area contributed by atoms with Gasteiger partial charge in [-0.15, -0.1) is 0 Å². The van der Waals surface area contributed by atoms with Crippen molar-refractivity contribution in [3.63, 3.8) is 0 Å². The summed E-state index contributed by atoms with van der Waals surface area (Å²) in [7, 11) is 0. The molecule has 1 atom stereocenters. The van der Waals surface area contributed by atoms with Gasteiger partial charge in [-0.25, -0.2) is 8.78 Å². The summed E-state index contributed by atoms with van der Waals surface area (Å²) in [6.45, 7) is 6.10. The Morgan fingerprint density at radius 2 is 1.72 bits per heavy atom. The van der Waals surface area contributed by atoms with Crippen molar-refractivity contribution in [2.75, 3.05) is 36.4 Å². The normalized spacial score (nSPS) is 26.8. The van der Waals surface area contributed by atoms with Gasteiger partial charge in [-0.05, 0) is 57.2 Å². The van der Waals surface area contributed by atoms with Gasteiger partial charge < -0.3 is 15.1 Å². The number of alkyl halides is 2. The Bertz CT molecular complexity index is 920. The Morgan fingerprint density at radius 1 is 1.06 bits per heavy atom. The first-order valence-electron chi connectivity index (χ1n) is 14.4. The molecule has 7 heteroatoms. The zero-order valence-corrected chi connectivity index (χ0v) is 22.2. The van der Waals surface area contributed by atoms with Gasteiger partial charge in [0.1, 0.15) is 5.66 Å². The van der Waals surface area contributed by atoms with E-state index in [4.69, 9.17) is 0 Å². The maximum Gasteiger partial charge on any atom is 0.272 e. The molecule has 36 heavy (non-hydrogen) atoms. The van der Waals surface area contributed by atoms with Gasteiger partial charge in [0.2, 0.25) is 5.91 Å². The van der Waals surface area contributed by atoms with E-state index in [1.54, 1.807) is 0 Å². The van der Waals surface area contributed by atoms with Crippen molar-refractivity contribution in [3.05, 3.63) is 23.8 Å². The molecule has 5 rings (SSSR count). The number of fused-ring (bicyclic) bond motifs is 1. The lowest BCUT2D eigenvalue weighted by Gasteiger charge is -2.45. The maximum absolute atomic E-state index is 13.5. The van der Waals surface area contributed by atoms with Gasteiger partial charge in [0.05, 0.1) is 24.5 Å². The molecule has 0 unspecified atom stereocenters. The average molecular weight is 503 g/mol. The van der Waals surface area contributed by atoms with E-state index in [-0.39, 0.29) is 24.7 Å². The van der Waals surface area contributed by atoms with Crippen molar-refractivity contribution in [1.82, 2.24) is 9.80 Å². The van der Waals surface area contributed by atoms with Crippen LogP contribution >= 0.6 is 0 Å². The molecular weight excluding hydrogens is 458 g/mol. The number of carbonyl (C=O) groups excluding carboxylic acids is 1. The number of likely N-dealkylation sites (tertiary alicyclic amines) is 1. The summed E-state index contributed by atoms with van der Waals surface area (Å²) in [6, 6.07) is 6.76. The van der Waals surface area contributed by atoms with Gasteiger partial charge in [-0.1, -0.05) is 44.6 Å². The molecule has 200 valence electrons. The Morgan fingerprint density at radius 3 is 2.36 bits per heavy atom. The zero-order valence-electron chi connectivity index (χ0n) is 22.2. The van der Waals surface area contributed by atoms with Gasteiger partial charge in [-0.2, -0.15) is 0 Å². The second-order valence-corrected chi connectivity index (χ2v) is 11.8. The minimum absolute atomic E-state index is 0.158. The molecule has 2 saturated carbocycles. The monoisotopic (exact) mass is 502 g/mol. The molecule has 2 aliphatic carbocycles. The number of rotatable bonds is 8. The highest BCUT2D eigenvalue weighted by atomic mass is 19.3. The Balaban J connectivity index is 1.34. The molecule has 0 spiro atoms. The number of nitrogens with one attached hydrogen (secondary N) is 1. The van der Waals surface area contributed by atoms with E-state index in [0.717, 1.165) is 36.3 Å². The number of halogens is 2. The summed E-state index contributed by atoms with van der Waals surface area (Å²) < 4.78 is 26.8. The van der Waals surface area contributed by atoms with Gasteiger partial charge >= 0.3 is 0 Å². The predicted molar refractivity (Wildman–Crippen MR) is 141 cm³/mol. The molecule has 5 nitrogen and oxygen atoms in total. The quantitative estimate of drug-likeness (QED) is 0.457. The van der Waals surface area contributed by atoms with E-state index in [9.17, 15) is 13.6 Å². The average Bonchev–Trinajstić information content (AvgIpc) is 3.15. The summed E-state index contributed by atoms with van der Waals surface area (Å²) in [6.07, 6.45) is 12.7. The van der Waals surface area contributed by atoms with Gasteiger partial charge in [-0.3, -0.25) is 9.69 Å². The molecule has 1 N–H and O–H groups in total. The van der Waals surface area contributed by atoms with Crippen molar-refractivity contribution < 1.29 is 13.6 Å². The first kappa shape index (κ1) is 25.7. The number of nitrogens with zero attached hydrogens (tertiary/aromatic N) is 3. The molecule has 0 bridgehead atoms. The summed E-state index contributed by atoms with van der Waals surface area (Å²) in [5.74, 6) is -1.76. The molecule has 0 radical (unpaired) electrons. The van der Waals surface area contributed by atoms with Crippen LogP contribution in [0.5, 0.6) is 0 Å². The summed E-state index contributed by atoms with van der Waals surface area (Å²) in [4.78, 5) is 19.8. The minimum atomic E-state index is -2.55. The highest BCUT2D eigenvalue weighted by Crippen LogP contribution is 2.47. The van der Waals surface area contributed by atoms with Gasteiger partial charge in [0.25, 0.3) is 5.92 Å². The van der Waals surface area contributed by atoms with Crippen LogP contribution in [0.25, 0.3) is 0 Å². The molecule has 2 aliphatic heterocycles. The number of carbonyl (C=O) groups is 1. The largest absolute Gasteiger partial charge is 0.361 e. The molecule has 4 aliphatic rings. The second-order valence-electron chi connectivity index (χ2n) is 11.8. The Labute approximate surface area is 215 Å². The summed E-state index contributed by atoms with van der Waals surface area (Å²) in [5.41, 5.74) is 3.06. The van der Waals surface area contributed by atoms with E-state index >= 15 is 0 Å². The fourth-order valence-electron chi connectivity index (χ4n) is 7.29. The van der Waals surface area contributed by atoms with Crippen LogP contribution in [-0.2, 0) is 11.3 Å². The van der Waals surface area contributed by atoms with Crippen molar-refractivity contribution in [3.8, 4) is 0 Å². The standard InChI is InChI=1S/C29H44F2N4O/c1-3-34(24-12-8-5-9-13-24)27(36)16-17-35-26-18-22(19-33-20-29(30,31)21-33)14-15-25(26)32-28(35,2)23-10-6-4-7-11-23/h14-15,18,23-24,32H,3-13,16-17,19-21H2,1-2H3/t28-/m0/s1. The summed E-state index contributed by atoms with van der Waals surface area (Å²) >= 11 is 0. The van der Waals surface area contributed by atoms with E-state index in [2.05, 4.69) is 47.2 Å². The molecule has 0 aromatic heterocycles. The molecule has 1 aromatic carbocycles. The topological polar surface area (TPSA) is 38.8 Å². The van der Waals surface area contributed by atoms with Crippen molar-refractivity contribution in [2.45, 2.75) is 109 Å². The van der Waals surface area contributed by atoms with E-state index in [0.29, 0.717) is 31.5 Å². The number of amides is 1. The van der Waals surface area contributed by atoms with Crippen molar-refractivity contribution >= 4 is 17.3 Å². The number of anilines is 2. The Kier molecular flexibility index (Phi) is 7.49. The maximum atomic E-state index is 13.5. The van der Waals surface area contributed by atoms with Gasteiger partial charge in [0.15, 0.2) is 0 Å². The Hall–Kier alpha value is -1.89. The molecular formula is C29H44F2N4O. The second kappa shape index (κ2) is 10.5. The lowest BCUT2D eigenvalue weighted by atomic mass is 9.80. The van der Waals surface area contributed by atoms with Gasteiger partial charge in [0, 0.05) is 38.0 Å². The first-order valence-corrected chi connectivity index (χ1v) is 14.4. The lowest BCUT2D eigenvalue weighted by molar-refractivity contribution is -0.134. The van der Waals surface area contributed by atoms with E-state index in [1.807, 2.05) is 4.90 Å². The highest BCUT2D eigenvalue weighted by Gasteiger charge is 2.46. The number of hydrogen-bond donors (Lipinski definition) is 1. The highest BCUT2D eigenvalue weighted by molar-refractivity contribution is 5.81. The first-order chi connectivity index (χ1) is 17.3. The van der Waals surface area contributed by atoms with Crippen LogP contribution in [-0.4, -0.2) is 59.5 Å². The van der Waals surface area contributed by atoms with Crippen LogP contribution in [0, 0.1) is 5.92 Å². The van der Waals surface area contributed by atoms with Crippen LogP contribution < -0.4 is 10.2 Å². The van der Waals surface area contributed by atoms with Crippen LogP contribution in [0.4, 0.5) is 20.2 Å². The third kappa shape index (κ3) is 5.23. The van der Waals surface area contributed by atoms with E-state index < -0.39 is 5.92 Å². The van der Waals surface area contributed by atoms with Crippen LogP contribution in [0.2, 0.25) is 0 Å². The smallest absolute Gasteiger partial charge is 0.272 e. The van der Waals surface area contributed by atoms with Crippen molar-refractivity contribution in [1.29, 1.82) is 0 Å². The van der Waals surface area contributed by atoms with Crippen LogP contribution in [0.1, 0.15) is 90.0 Å². The third-order valence-corrected chi connectivity index (χ3v) is 9.24. The number of benzene rings is 1. The summed E-state index contributed by atoms with van der Waals surface area (Å²) in [5, 5.41) is 3.85. The number of hydrogen-bond acceptors (Lipinski definition) is 4. The fourth-order valence-corrected chi connectivity index (χ4v) is 7.29. The molecule has 1 saturated heterocycles. The third-order valence-electron chi connectivity index (χ3n) is 9.24.